The van der Waals surface area contributed by atoms with Crippen molar-refractivity contribution < 1.29 is 28.6 Å². The molecule has 0 aromatic heterocycles. The highest BCUT2D eigenvalue weighted by Crippen LogP contribution is 2.22. The molecule has 0 fully saturated rings. The number of hydrogen-bond donors (Lipinski definition) is 0. The fraction of sp³-hybridized carbons (Fsp3) is 0.0357. The van der Waals surface area contributed by atoms with Crippen molar-refractivity contribution in [3.8, 4) is 22.6 Å². The van der Waals surface area contributed by atoms with Crippen LogP contribution in [0.25, 0.3) is 17.2 Å². The van der Waals surface area contributed by atoms with Gasteiger partial charge in [-0.15, -0.1) is 0 Å². The van der Waals surface area contributed by atoms with Gasteiger partial charge in [-0.2, -0.15) is 0 Å². The summed E-state index contributed by atoms with van der Waals surface area (Å²) < 4.78 is 15.3. The molecule has 0 atom stereocenters. The predicted octanol–water partition coefficient (Wildman–Crippen LogP) is 5.41. The van der Waals surface area contributed by atoms with E-state index in [0.29, 0.717) is 17.1 Å². The van der Waals surface area contributed by atoms with Crippen LogP contribution in [0.15, 0.2) is 104 Å². The van der Waals surface area contributed by atoms with Gasteiger partial charge in [-0.1, -0.05) is 55.6 Å². The molecule has 0 saturated carbocycles. The van der Waals surface area contributed by atoms with Gasteiger partial charge in [-0.3, -0.25) is 0 Å². The van der Waals surface area contributed by atoms with Crippen LogP contribution in [0, 0.1) is 0 Å². The smallest absolute Gasteiger partial charge is 0.343 e. The topological polar surface area (TPSA) is 78.9 Å². The fourth-order valence-corrected chi connectivity index (χ4v) is 2.86. The van der Waals surface area contributed by atoms with Crippen molar-refractivity contribution >= 4 is 24.0 Å². The largest absolute Gasteiger partial charge is 0.458 e. The molecule has 6 heteroatoms. The molecule has 0 heterocycles. The maximum atomic E-state index is 12.4. The molecule has 0 unspecified atom stereocenters. The SMILES string of the molecule is C=CC(=O)OC/C=C/c1ccc(-c2ccc(C(=O)Oc3ccc(OC(=O)C=C)cc3)cc2)cc1. The summed E-state index contributed by atoms with van der Waals surface area (Å²) in [6.45, 7) is 6.85. The fourth-order valence-electron chi connectivity index (χ4n) is 2.86. The van der Waals surface area contributed by atoms with Gasteiger partial charge >= 0.3 is 17.9 Å². The van der Waals surface area contributed by atoms with Crippen LogP contribution in [0.2, 0.25) is 0 Å². The van der Waals surface area contributed by atoms with Gasteiger partial charge in [0.25, 0.3) is 0 Å². The second-order valence-electron chi connectivity index (χ2n) is 6.92. The molecular weight excluding hydrogens is 432 g/mol. The van der Waals surface area contributed by atoms with Crippen molar-refractivity contribution in [2.24, 2.45) is 0 Å². The molecule has 0 spiro atoms. The first-order chi connectivity index (χ1) is 16.5. The van der Waals surface area contributed by atoms with E-state index < -0.39 is 17.9 Å². The van der Waals surface area contributed by atoms with Crippen molar-refractivity contribution in [2.45, 2.75) is 0 Å². The van der Waals surface area contributed by atoms with Crippen LogP contribution >= 0.6 is 0 Å². The van der Waals surface area contributed by atoms with Gasteiger partial charge in [0.1, 0.15) is 18.1 Å². The third kappa shape index (κ3) is 6.90. The van der Waals surface area contributed by atoms with Gasteiger partial charge in [0.15, 0.2) is 0 Å². The number of carbonyl (C=O) groups is 3. The standard InChI is InChI=1S/C28H22O6/c1-3-26(29)32-19-5-6-20-7-9-21(10-8-20)22-11-13-23(14-12-22)28(31)34-25-17-15-24(16-18-25)33-27(30)4-2/h3-18H,1-2,19H2/b6-5+. The van der Waals surface area contributed by atoms with E-state index in [1.807, 2.05) is 42.5 Å². The van der Waals surface area contributed by atoms with Crippen molar-refractivity contribution in [3.05, 3.63) is 115 Å². The summed E-state index contributed by atoms with van der Waals surface area (Å²) in [5.74, 6) is -0.874. The minimum atomic E-state index is -0.567. The quantitative estimate of drug-likeness (QED) is 0.245. The second-order valence-corrected chi connectivity index (χ2v) is 6.92. The van der Waals surface area contributed by atoms with Gasteiger partial charge in [-0.05, 0) is 59.2 Å². The zero-order valence-electron chi connectivity index (χ0n) is 18.3. The van der Waals surface area contributed by atoms with E-state index in [9.17, 15) is 14.4 Å². The van der Waals surface area contributed by atoms with Crippen LogP contribution in [0.5, 0.6) is 11.5 Å². The van der Waals surface area contributed by atoms with E-state index in [1.54, 1.807) is 18.2 Å². The summed E-state index contributed by atoms with van der Waals surface area (Å²) in [5.41, 5.74) is 3.30. The van der Waals surface area contributed by atoms with E-state index in [-0.39, 0.29) is 6.61 Å². The molecule has 0 aliphatic rings. The molecule has 6 nitrogen and oxygen atoms in total. The van der Waals surface area contributed by atoms with E-state index >= 15 is 0 Å². The molecule has 0 N–H and O–H groups in total. The number of carbonyl (C=O) groups excluding carboxylic acids is 3. The molecule has 0 bridgehead atoms. The lowest BCUT2D eigenvalue weighted by Crippen LogP contribution is -2.08. The number of benzene rings is 3. The predicted molar refractivity (Wildman–Crippen MR) is 129 cm³/mol. The molecule has 0 saturated heterocycles. The Morgan fingerprint density at radius 2 is 1.21 bits per heavy atom. The van der Waals surface area contributed by atoms with Crippen molar-refractivity contribution in [1.82, 2.24) is 0 Å². The summed E-state index contributed by atoms with van der Waals surface area (Å²) in [6, 6.07) is 21.0. The zero-order valence-corrected chi connectivity index (χ0v) is 18.3. The molecule has 170 valence electrons. The number of hydrogen-bond acceptors (Lipinski definition) is 6. The van der Waals surface area contributed by atoms with Gasteiger partial charge in [-0.25, -0.2) is 14.4 Å². The monoisotopic (exact) mass is 454 g/mol. The van der Waals surface area contributed by atoms with Crippen LogP contribution < -0.4 is 9.47 Å². The lowest BCUT2D eigenvalue weighted by molar-refractivity contribution is -0.136. The Balaban J connectivity index is 1.57. The Bertz CT molecular complexity index is 1200. The third-order valence-electron chi connectivity index (χ3n) is 4.58. The first kappa shape index (κ1) is 23.9. The minimum Gasteiger partial charge on any atom is -0.458 e. The van der Waals surface area contributed by atoms with Gasteiger partial charge in [0.2, 0.25) is 0 Å². The molecule has 34 heavy (non-hydrogen) atoms. The maximum absolute atomic E-state index is 12.4. The van der Waals surface area contributed by atoms with E-state index in [4.69, 9.17) is 14.2 Å². The summed E-state index contributed by atoms with van der Waals surface area (Å²) in [5, 5.41) is 0. The summed E-state index contributed by atoms with van der Waals surface area (Å²) >= 11 is 0. The van der Waals surface area contributed by atoms with Crippen LogP contribution in [-0.4, -0.2) is 24.5 Å². The first-order valence-electron chi connectivity index (χ1n) is 10.3. The van der Waals surface area contributed by atoms with Crippen LogP contribution in [0.3, 0.4) is 0 Å². The lowest BCUT2D eigenvalue weighted by Gasteiger charge is -2.07. The second kappa shape index (κ2) is 11.8. The molecule has 3 rings (SSSR count). The van der Waals surface area contributed by atoms with Crippen molar-refractivity contribution in [1.29, 1.82) is 0 Å². The lowest BCUT2D eigenvalue weighted by atomic mass is 10.0. The van der Waals surface area contributed by atoms with Gasteiger partial charge in [0.05, 0.1) is 5.56 Å². The molecule has 0 aliphatic heterocycles. The van der Waals surface area contributed by atoms with Crippen LogP contribution in [-0.2, 0) is 14.3 Å². The highest BCUT2D eigenvalue weighted by Gasteiger charge is 2.10. The molecule has 3 aromatic carbocycles. The first-order valence-corrected chi connectivity index (χ1v) is 10.3. The average molecular weight is 454 g/mol. The van der Waals surface area contributed by atoms with Crippen LogP contribution in [0.1, 0.15) is 15.9 Å². The van der Waals surface area contributed by atoms with Crippen LogP contribution in [0.4, 0.5) is 0 Å². The Kier molecular flexibility index (Phi) is 8.30. The third-order valence-corrected chi connectivity index (χ3v) is 4.58. The zero-order chi connectivity index (χ0) is 24.3. The number of esters is 3. The Hall–Kier alpha value is -4.71. The van der Waals surface area contributed by atoms with E-state index in [2.05, 4.69) is 13.2 Å². The summed E-state index contributed by atoms with van der Waals surface area (Å²) in [6.07, 6.45) is 5.79. The Morgan fingerprint density at radius 3 is 1.76 bits per heavy atom. The minimum absolute atomic E-state index is 0.178. The van der Waals surface area contributed by atoms with E-state index in [1.165, 1.54) is 24.3 Å². The van der Waals surface area contributed by atoms with E-state index in [0.717, 1.165) is 28.8 Å². The van der Waals surface area contributed by atoms with Crippen molar-refractivity contribution in [2.75, 3.05) is 6.61 Å². The molecule has 0 aliphatic carbocycles. The van der Waals surface area contributed by atoms with Crippen molar-refractivity contribution in [3.63, 3.8) is 0 Å². The maximum Gasteiger partial charge on any atom is 0.343 e. The highest BCUT2D eigenvalue weighted by atomic mass is 16.5. The van der Waals surface area contributed by atoms with Gasteiger partial charge in [0, 0.05) is 12.2 Å². The Morgan fingerprint density at radius 1 is 0.676 bits per heavy atom. The molecule has 0 amide bonds. The summed E-state index contributed by atoms with van der Waals surface area (Å²) in [4.78, 5) is 34.7. The average Bonchev–Trinajstić information content (AvgIpc) is 2.88. The molecule has 0 radical (unpaired) electrons. The molecule has 3 aromatic rings. The summed E-state index contributed by atoms with van der Waals surface area (Å²) in [7, 11) is 0. The number of ether oxygens (including phenoxy) is 3. The van der Waals surface area contributed by atoms with Gasteiger partial charge < -0.3 is 14.2 Å². The normalized spacial score (nSPS) is 10.4. The Labute approximate surface area is 197 Å². The highest BCUT2D eigenvalue weighted by molar-refractivity contribution is 5.91. The number of rotatable bonds is 9. The molecular formula is C28H22O6.